The summed E-state index contributed by atoms with van der Waals surface area (Å²) in [6.07, 6.45) is 3.79. The summed E-state index contributed by atoms with van der Waals surface area (Å²) < 4.78 is 10.8. The quantitative estimate of drug-likeness (QED) is 0.665. The molecule has 1 saturated heterocycles. The second kappa shape index (κ2) is 10.1. The molecule has 1 amide bonds. The highest BCUT2D eigenvalue weighted by Crippen LogP contribution is 2.32. The van der Waals surface area contributed by atoms with E-state index in [0.29, 0.717) is 24.3 Å². The van der Waals surface area contributed by atoms with Crippen molar-refractivity contribution in [3.63, 3.8) is 0 Å². The molecule has 1 aliphatic carbocycles. The van der Waals surface area contributed by atoms with Crippen LogP contribution in [0.5, 0.6) is 11.5 Å². The first-order valence-corrected chi connectivity index (χ1v) is 11.2. The van der Waals surface area contributed by atoms with E-state index in [9.17, 15) is 4.79 Å². The Bertz CT molecular complexity index is 889. The smallest absolute Gasteiger partial charge is 0.224 e. The number of hydrogen-bond acceptors (Lipinski definition) is 5. The van der Waals surface area contributed by atoms with Crippen LogP contribution in [0.2, 0.25) is 0 Å². The van der Waals surface area contributed by atoms with Crippen molar-refractivity contribution in [2.24, 2.45) is 5.92 Å². The molecule has 2 aromatic carbocycles. The number of para-hydroxylation sites is 1. The largest absolute Gasteiger partial charge is 0.493 e. The first-order chi connectivity index (χ1) is 15.2. The molecule has 2 aromatic rings. The number of carbonyl (C=O) groups excluding carboxylic acids is 1. The van der Waals surface area contributed by atoms with Gasteiger partial charge in [-0.25, -0.2) is 0 Å². The lowest BCUT2D eigenvalue weighted by Gasteiger charge is -2.36. The van der Waals surface area contributed by atoms with Gasteiger partial charge < -0.3 is 19.7 Å². The molecular weight excluding hydrogens is 390 g/mol. The van der Waals surface area contributed by atoms with E-state index >= 15 is 0 Å². The molecule has 31 heavy (non-hydrogen) atoms. The fourth-order valence-corrected chi connectivity index (χ4v) is 4.26. The normalized spacial score (nSPS) is 16.8. The molecule has 6 nitrogen and oxygen atoms in total. The minimum absolute atomic E-state index is 0.00345. The lowest BCUT2D eigenvalue weighted by Crippen LogP contribution is -2.47. The number of nitrogens with one attached hydrogen (secondary N) is 1. The number of nitrogens with zero attached hydrogens (tertiary/aromatic N) is 2. The number of hydrogen-bond donors (Lipinski definition) is 1. The van der Waals surface area contributed by atoms with Crippen molar-refractivity contribution in [2.75, 3.05) is 57.2 Å². The van der Waals surface area contributed by atoms with E-state index in [0.717, 1.165) is 43.3 Å². The van der Waals surface area contributed by atoms with Gasteiger partial charge in [0, 0.05) is 50.5 Å². The van der Waals surface area contributed by atoms with Crippen LogP contribution in [0, 0.1) is 5.92 Å². The predicted octanol–water partition coefficient (Wildman–Crippen LogP) is 3.81. The van der Waals surface area contributed by atoms with Crippen LogP contribution in [0.4, 0.5) is 11.4 Å². The van der Waals surface area contributed by atoms with E-state index in [1.807, 2.05) is 30.3 Å². The zero-order valence-corrected chi connectivity index (χ0v) is 18.6. The topological polar surface area (TPSA) is 54.0 Å². The van der Waals surface area contributed by atoms with Gasteiger partial charge in [0.1, 0.15) is 0 Å². The Morgan fingerprint density at radius 2 is 1.81 bits per heavy atom. The highest BCUT2D eigenvalue weighted by Gasteiger charge is 2.26. The van der Waals surface area contributed by atoms with Crippen LogP contribution in [-0.4, -0.2) is 57.8 Å². The van der Waals surface area contributed by atoms with Crippen LogP contribution in [-0.2, 0) is 11.2 Å². The van der Waals surface area contributed by atoms with E-state index in [4.69, 9.17) is 9.47 Å². The molecule has 0 unspecified atom stereocenters. The van der Waals surface area contributed by atoms with Gasteiger partial charge >= 0.3 is 0 Å². The summed E-state index contributed by atoms with van der Waals surface area (Å²) in [4.78, 5) is 17.6. The van der Waals surface area contributed by atoms with Crippen LogP contribution in [0.1, 0.15) is 24.8 Å². The third-order valence-corrected chi connectivity index (χ3v) is 6.19. The van der Waals surface area contributed by atoms with Gasteiger partial charge in [-0.3, -0.25) is 9.69 Å². The fraction of sp³-hybridized carbons (Fsp3) is 0.480. The third kappa shape index (κ3) is 5.70. The highest BCUT2D eigenvalue weighted by molar-refractivity contribution is 5.91. The van der Waals surface area contributed by atoms with E-state index in [-0.39, 0.29) is 5.91 Å². The molecular formula is C25H33N3O3. The number of benzene rings is 2. The van der Waals surface area contributed by atoms with E-state index < -0.39 is 0 Å². The zero-order chi connectivity index (χ0) is 21.6. The molecule has 4 rings (SSSR count). The van der Waals surface area contributed by atoms with E-state index in [2.05, 4.69) is 27.2 Å². The molecule has 1 N–H and O–H groups in total. The summed E-state index contributed by atoms with van der Waals surface area (Å²) in [6.45, 7) is 5.59. The molecule has 0 radical (unpaired) electrons. The summed E-state index contributed by atoms with van der Waals surface area (Å²) in [5.74, 6) is 2.32. The van der Waals surface area contributed by atoms with Gasteiger partial charge in [0.25, 0.3) is 0 Å². The van der Waals surface area contributed by atoms with Gasteiger partial charge in [0.05, 0.1) is 14.2 Å². The van der Waals surface area contributed by atoms with Crippen LogP contribution in [0.15, 0.2) is 42.5 Å². The van der Waals surface area contributed by atoms with Gasteiger partial charge in [0.15, 0.2) is 11.5 Å². The minimum Gasteiger partial charge on any atom is -0.493 e. The van der Waals surface area contributed by atoms with Crippen molar-refractivity contribution >= 4 is 17.3 Å². The maximum absolute atomic E-state index is 12.6. The summed E-state index contributed by atoms with van der Waals surface area (Å²) >= 11 is 0. The first-order valence-electron chi connectivity index (χ1n) is 11.2. The van der Waals surface area contributed by atoms with E-state index in [1.165, 1.54) is 25.1 Å². The number of piperazine rings is 1. The maximum Gasteiger partial charge on any atom is 0.224 e. The number of amides is 1. The van der Waals surface area contributed by atoms with Crippen molar-refractivity contribution in [2.45, 2.75) is 25.7 Å². The standard InChI is InChI=1S/C25H33N3O3/c1-30-23-8-3-5-20(25(23)31-2)11-12-24(29)26-21-6-4-7-22(17-21)28-15-13-27(14-16-28)18-19-9-10-19/h3-8,17,19H,9-16,18H2,1-2H3,(H,26,29). The summed E-state index contributed by atoms with van der Waals surface area (Å²) in [5.41, 5.74) is 2.99. The van der Waals surface area contributed by atoms with Crippen molar-refractivity contribution in [3.8, 4) is 11.5 Å². The van der Waals surface area contributed by atoms with Crippen molar-refractivity contribution < 1.29 is 14.3 Å². The number of methoxy groups -OCH3 is 2. The Morgan fingerprint density at radius 1 is 1.03 bits per heavy atom. The molecule has 6 heteroatoms. The molecule has 2 fully saturated rings. The molecule has 1 heterocycles. The van der Waals surface area contributed by atoms with Gasteiger partial charge in [-0.2, -0.15) is 0 Å². The second-order valence-corrected chi connectivity index (χ2v) is 8.48. The molecule has 0 atom stereocenters. The Labute approximate surface area is 185 Å². The fourth-order valence-electron chi connectivity index (χ4n) is 4.26. The molecule has 166 valence electrons. The van der Waals surface area contributed by atoms with Gasteiger partial charge in [0.2, 0.25) is 5.91 Å². The SMILES string of the molecule is COc1cccc(CCC(=O)Nc2cccc(N3CCN(CC4CC4)CC3)c2)c1OC. The van der Waals surface area contributed by atoms with Crippen LogP contribution >= 0.6 is 0 Å². The average Bonchev–Trinajstić information content (AvgIpc) is 3.62. The van der Waals surface area contributed by atoms with Crippen molar-refractivity contribution in [1.29, 1.82) is 0 Å². The molecule has 1 aliphatic heterocycles. The average molecular weight is 424 g/mol. The van der Waals surface area contributed by atoms with Gasteiger partial charge in [-0.1, -0.05) is 18.2 Å². The summed E-state index contributed by atoms with van der Waals surface area (Å²) in [5, 5.41) is 3.05. The predicted molar refractivity (Wildman–Crippen MR) is 124 cm³/mol. The maximum atomic E-state index is 12.6. The number of anilines is 2. The number of aryl methyl sites for hydroxylation is 1. The number of carbonyl (C=O) groups is 1. The molecule has 0 spiro atoms. The minimum atomic E-state index is -0.00345. The van der Waals surface area contributed by atoms with Gasteiger partial charge in [-0.15, -0.1) is 0 Å². The number of rotatable bonds is 9. The van der Waals surface area contributed by atoms with Gasteiger partial charge in [-0.05, 0) is 55.0 Å². The van der Waals surface area contributed by atoms with Crippen molar-refractivity contribution in [3.05, 3.63) is 48.0 Å². The summed E-state index contributed by atoms with van der Waals surface area (Å²) in [6, 6.07) is 13.9. The first kappa shape index (κ1) is 21.5. The van der Waals surface area contributed by atoms with Crippen LogP contribution in [0.3, 0.4) is 0 Å². The molecule has 1 saturated carbocycles. The molecule has 2 aliphatic rings. The number of ether oxygens (including phenoxy) is 2. The Balaban J connectivity index is 1.30. The Morgan fingerprint density at radius 3 is 2.52 bits per heavy atom. The molecule has 0 aromatic heterocycles. The highest BCUT2D eigenvalue weighted by atomic mass is 16.5. The van der Waals surface area contributed by atoms with Crippen LogP contribution in [0.25, 0.3) is 0 Å². The Kier molecular flexibility index (Phi) is 6.97. The lowest BCUT2D eigenvalue weighted by molar-refractivity contribution is -0.116. The third-order valence-electron chi connectivity index (χ3n) is 6.19. The van der Waals surface area contributed by atoms with Crippen LogP contribution < -0.4 is 19.7 Å². The second-order valence-electron chi connectivity index (χ2n) is 8.48. The Hall–Kier alpha value is -2.73. The van der Waals surface area contributed by atoms with Crippen molar-refractivity contribution in [1.82, 2.24) is 4.90 Å². The monoisotopic (exact) mass is 423 g/mol. The van der Waals surface area contributed by atoms with E-state index in [1.54, 1.807) is 14.2 Å². The lowest BCUT2D eigenvalue weighted by atomic mass is 10.1. The molecule has 0 bridgehead atoms. The zero-order valence-electron chi connectivity index (χ0n) is 18.6. The summed E-state index contributed by atoms with van der Waals surface area (Å²) in [7, 11) is 3.24.